The van der Waals surface area contributed by atoms with Crippen molar-refractivity contribution in [2.24, 2.45) is 5.92 Å². The van der Waals surface area contributed by atoms with Crippen LogP contribution in [0.1, 0.15) is 17.5 Å². The van der Waals surface area contributed by atoms with Gasteiger partial charge in [0.2, 0.25) is 5.91 Å². The Morgan fingerprint density at radius 2 is 1.83 bits per heavy atom. The molecule has 1 atom stereocenters. The molecule has 6 nitrogen and oxygen atoms in total. The Balaban J connectivity index is 1.88. The number of hydroxylamine groups is 1. The molecule has 1 unspecified atom stereocenters. The van der Waals surface area contributed by atoms with E-state index in [2.05, 4.69) is 0 Å². The maximum absolute atomic E-state index is 11.6. The molecule has 6 heteroatoms. The third-order valence-electron chi connectivity index (χ3n) is 4.33. The van der Waals surface area contributed by atoms with E-state index in [1.807, 2.05) is 18.2 Å². The number of rotatable bonds is 3. The third kappa shape index (κ3) is 3.07. The molecule has 2 aromatic rings. The second kappa shape index (κ2) is 6.18. The summed E-state index contributed by atoms with van der Waals surface area (Å²) in [4.78, 5) is 21.9. The molecule has 0 bridgehead atoms. The number of non-ortho nitro benzene ring substituents is 1. The zero-order valence-electron chi connectivity index (χ0n) is 12.4. The van der Waals surface area contributed by atoms with Gasteiger partial charge < -0.3 is 0 Å². The lowest BCUT2D eigenvalue weighted by Crippen LogP contribution is -2.31. The average molecular weight is 312 g/mol. The van der Waals surface area contributed by atoms with Gasteiger partial charge in [-0.15, -0.1) is 0 Å². The Bertz CT molecular complexity index is 756. The molecular formula is C17H16N2O4. The van der Waals surface area contributed by atoms with Crippen molar-refractivity contribution in [2.45, 2.75) is 19.3 Å². The Hall–Kier alpha value is -2.73. The molecule has 1 aliphatic rings. The number of nitro groups is 1. The second-order valence-corrected chi connectivity index (χ2v) is 5.70. The summed E-state index contributed by atoms with van der Waals surface area (Å²) in [6, 6.07) is 12.5. The van der Waals surface area contributed by atoms with E-state index < -0.39 is 4.92 Å². The summed E-state index contributed by atoms with van der Waals surface area (Å²) >= 11 is 0. The van der Waals surface area contributed by atoms with E-state index in [4.69, 9.17) is 5.21 Å². The van der Waals surface area contributed by atoms with Gasteiger partial charge in [-0.3, -0.25) is 20.1 Å². The second-order valence-electron chi connectivity index (χ2n) is 5.70. The number of carbonyl (C=O) groups is 1. The molecule has 118 valence electrons. The predicted molar refractivity (Wildman–Crippen MR) is 84.0 cm³/mol. The molecular weight excluding hydrogens is 296 g/mol. The van der Waals surface area contributed by atoms with Gasteiger partial charge in [-0.1, -0.05) is 18.2 Å². The van der Waals surface area contributed by atoms with Crippen LogP contribution in [0.25, 0.3) is 11.1 Å². The van der Waals surface area contributed by atoms with E-state index in [1.54, 1.807) is 17.6 Å². The lowest BCUT2D eigenvalue weighted by Gasteiger charge is -2.23. The minimum absolute atomic E-state index is 0.0615. The number of fused-ring (bicyclic) bond motifs is 1. The van der Waals surface area contributed by atoms with Crippen LogP contribution in [0.3, 0.4) is 0 Å². The molecule has 0 spiro atoms. The maximum Gasteiger partial charge on any atom is 0.269 e. The van der Waals surface area contributed by atoms with Gasteiger partial charge in [0.25, 0.3) is 5.69 Å². The number of carbonyl (C=O) groups excluding carboxylic acids is 1. The van der Waals surface area contributed by atoms with Crippen LogP contribution in [0.4, 0.5) is 5.69 Å². The molecule has 1 aliphatic carbocycles. The molecule has 0 saturated heterocycles. The van der Waals surface area contributed by atoms with Gasteiger partial charge in [-0.05, 0) is 53.6 Å². The Kier molecular flexibility index (Phi) is 4.08. The average Bonchev–Trinajstić information content (AvgIpc) is 2.60. The maximum atomic E-state index is 11.6. The first-order chi connectivity index (χ1) is 11.1. The number of amides is 1. The molecule has 0 fully saturated rings. The number of nitrogens with one attached hydrogen (secondary N) is 1. The van der Waals surface area contributed by atoms with Crippen molar-refractivity contribution in [3.8, 4) is 11.1 Å². The molecule has 0 aromatic heterocycles. The number of benzene rings is 2. The number of hydrogen-bond donors (Lipinski definition) is 2. The van der Waals surface area contributed by atoms with Gasteiger partial charge in [0.15, 0.2) is 0 Å². The summed E-state index contributed by atoms with van der Waals surface area (Å²) in [6.45, 7) is 0. The van der Waals surface area contributed by atoms with Crippen LogP contribution < -0.4 is 5.48 Å². The van der Waals surface area contributed by atoms with Crippen molar-refractivity contribution in [1.82, 2.24) is 5.48 Å². The summed E-state index contributed by atoms with van der Waals surface area (Å²) in [7, 11) is 0. The standard InChI is InChI=1S/C17H16N2O4/c20-17(18-21)14-4-2-12-1-3-13(9-15(12)10-14)11-5-7-16(8-6-11)19(22)23/h1,3,5-9,14,21H,2,4,10H2,(H,18,20). The van der Waals surface area contributed by atoms with E-state index in [0.29, 0.717) is 6.42 Å². The summed E-state index contributed by atoms with van der Waals surface area (Å²) < 4.78 is 0. The predicted octanol–water partition coefficient (Wildman–Crippen LogP) is 2.87. The molecule has 3 rings (SSSR count). The molecule has 0 heterocycles. The molecule has 0 saturated carbocycles. The summed E-state index contributed by atoms with van der Waals surface area (Å²) in [5.41, 5.74) is 5.93. The van der Waals surface area contributed by atoms with Crippen LogP contribution in [0.15, 0.2) is 42.5 Å². The highest BCUT2D eigenvalue weighted by Gasteiger charge is 2.24. The van der Waals surface area contributed by atoms with Crippen LogP contribution >= 0.6 is 0 Å². The summed E-state index contributed by atoms with van der Waals surface area (Å²) in [6.07, 6.45) is 2.10. The zero-order chi connectivity index (χ0) is 16.4. The first-order valence-corrected chi connectivity index (χ1v) is 7.39. The van der Waals surface area contributed by atoms with Gasteiger partial charge in [0.05, 0.1) is 4.92 Å². The number of aryl methyl sites for hydroxylation is 1. The van der Waals surface area contributed by atoms with Crippen LogP contribution in [0.2, 0.25) is 0 Å². The van der Waals surface area contributed by atoms with Gasteiger partial charge in [0.1, 0.15) is 0 Å². The van der Waals surface area contributed by atoms with Crippen LogP contribution in [-0.4, -0.2) is 16.0 Å². The minimum atomic E-state index is -0.422. The van der Waals surface area contributed by atoms with Crippen molar-refractivity contribution in [3.05, 3.63) is 63.7 Å². The van der Waals surface area contributed by atoms with Gasteiger partial charge in [-0.25, -0.2) is 5.48 Å². The Labute approximate surface area is 132 Å². The minimum Gasteiger partial charge on any atom is -0.289 e. The number of nitro benzene ring substituents is 1. The number of nitrogens with zero attached hydrogens (tertiary/aromatic N) is 1. The highest BCUT2D eigenvalue weighted by Crippen LogP contribution is 2.30. The quantitative estimate of drug-likeness (QED) is 0.518. The van der Waals surface area contributed by atoms with E-state index in [9.17, 15) is 14.9 Å². The fraction of sp³-hybridized carbons (Fsp3) is 0.235. The van der Waals surface area contributed by atoms with Crippen molar-refractivity contribution in [3.63, 3.8) is 0 Å². The summed E-state index contributed by atoms with van der Waals surface area (Å²) in [5.74, 6) is -0.573. The van der Waals surface area contributed by atoms with E-state index in [0.717, 1.165) is 29.5 Å². The van der Waals surface area contributed by atoms with Crippen molar-refractivity contribution < 1.29 is 14.9 Å². The first-order valence-electron chi connectivity index (χ1n) is 7.39. The normalized spacial score (nSPS) is 16.5. The first kappa shape index (κ1) is 15.2. The number of hydrogen-bond acceptors (Lipinski definition) is 4. The SMILES string of the molecule is O=C(NO)C1CCc2ccc(-c3ccc([N+](=O)[O-])cc3)cc2C1. The molecule has 2 aromatic carbocycles. The van der Waals surface area contributed by atoms with Gasteiger partial charge in [-0.2, -0.15) is 0 Å². The van der Waals surface area contributed by atoms with Crippen LogP contribution in [-0.2, 0) is 17.6 Å². The molecule has 0 aliphatic heterocycles. The molecule has 23 heavy (non-hydrogen) atoms. The highest BCUT2D eigenvalue weighted by atomic mass is 16.6. The summed E-state index contributed by atoms with van der Waals surface area (Å²) in [5, 5.41) is 19.5. The van der Waals surface area contributed by atoms with Crippen molar-refractivity contribution in [1.29, 1.82) is 0 Å². The molecule has 0 radical (unpaired) electrons. The fourth-order valence-corrected chi connectivity index (χ4v) is 3.03. The van der Waals surface area contributed by atoms with Crippen LogP contribution in [0, 0.1) is 16.0 Å². The molecule has 2 N–H and O–H groups in total. The van der Waals surface area contributed by atoms with E-state index >= 15 is 0 Å². The van der Waals surface area contributed by atoms with E-state index in [1.165, 1.54) is 17.7 Å². The molecule has 1 amide bonds. The van der Waals surface area contributed by atoms with Crippen LogP contribution in [0.5, 0.6) is 0 Å². The van der Waals surface area contributed by atoms with E-state index in [-0.39, 0.29) is 17.5 Å². The third-order valence-corrected chi connectivity index (χ3v) is 4.33. The largest absolute Gasteiger partial charge is 0.289 e. The topological polar surface area (TPSA) is 92.5 Å². The zero-order valence-corrected chi connectivity index (χ0v) is 12.4. The highest BCUT2D eigenvalue weighted by molar-refractivity contribution is 5.78. The van der Waals surface area contributed by atoms with Crippen molar-refractivity contribution in [2.75, 3.05) is 0 Å². The lowest BCUT2D eigenvalue weighted by atomic mass is 9.82. The smallest absolute Gasteiger partial charge is 0.269 e. The van der Waals surface area contributed by atoms with Gasteiger partial charge >= 0.3 is 0 Å². The lowest BCUT2D eigenvalue weighted by molar-refractivity contribution is -0.384. The van der Waals surface area contributed by atoms with Gasteiger partial charge in [0, 0.05) is 18.1 Å². The van der Waals surface area contributed by atoms with Crippen molar-refractivity contribution >= 4 is 11.6 Å². The Morgan fingerprint density at radius 3 is 2.48 bits per heavy atom. The fourth-order valence-electron chi connectivity index (χ4n) is 3.03. The Morgan fingerprint density at radius 1 is 1.13 bits per heavy atom. The monoisotopic (exact) mass is 312 g/mol.